The molecule has 0 aliphatic carbocycles. The lowest BCUT2D eigenvalue weighted by Gasteiger charge is -2.24. The van der Waals surface area contributed by atoms with E-state index in [2.05, 4.69) is 11.9 Å². The molecule has 15 heavy (non-hydrogen) atoms. The summed E-state index contributed by atoms with van der Waals surface area (Å²) in [5.74, 6) is 0.877. The molecule has 1 aromatic rings. The molecule has 0 atom stereocenters. The van der Waals surface area contributed by atoms with Crippen molar-refractivity contribution >= 4 is 23.2 Å². The van der Waals surface area contributed by atoms with Gasteiger partial charge in [-0.15, -0.1) is 11.6 Å². The summed E-state index contributed by atoms with van der Waals surface area (Å²) in [5.41, 5.74) is 0.641. The van der Waals surface area contributed by atoms with Crippen LogP contribution in [-0.2, 0) is 5.88 Å². The predicted octanol–water partition coefficient (Wildman–Crippen LogP) is 4.04. The van der Waals surface area contributed by atoms with Gasteiger partial charge in [-0.25, -0.2) is 4.98 Å². The van der Waals surface area contributed by atoms with Crippen molar-refractivity contribution in [2.24, 2.45) is 0 Å². The summed E-state index contributed by atoms with van der Waals surface area (Å²) in [5, 5.41) is 0.509. The first-order chi connectivity index (χ1) is 6.98. The van der Waals surface area contributed by atoms with E-state index in [9.17, 15) is 0 Å². The first kappa shape index (κ1) is 12.6. The zero-order chi connectivity index (χ0) is 11.5. The van der Waals surface area contributed by atoms with E-state index in [1.807, 2.05) is 13.8 Å². The first-order valence-corrected chi connectivity index (χ1v) is 5.79. The van der Waals surface area contributed by atoms with Crippen molar-refractivity contribution in [1.82, 2.24) is 4.98 Å². The molecule has 2 nitrogen and oxygen atoms in total. The Morgan fingerprint density at radius 3 is 2.60 bits per heavy atom. The maximum atomic E-state index is 6.03. The molecular formula is C11H15Cl2NO. The molecule has 0 saturated heterocycles. The molecule has 0 spiro atoms. The number of hydrogen-bond donors (Lipinski definition) is 0. The van der Waals surface area contributed by atoms with E-state index in [4.69, 9.17) is 27.9 Å². The lowest BCUT2D eigenvalue weighted by molar-refractivity contribution is 0.0991. The predicted molar refractivity (Wildman–Crippen MR) is 63.8 cm³/mol. The van der Waals surface area contributed by atoms with E-state index in [0.717, 1.165) is 12.0 Å². The smallest absolute Gasteiger partial charge is 0.233 e. The van der Waals surface area contributed by atoms with Crippen molar-refractivity contribution in [2.75, 3.05) is 0 Å². The molecule has 0 bridgehead atoms. The van der Waals surface area contributed by atoms with Crippen LogP contribution < -0.4 is 4.74 Å². The highest BCUT2D eigenvalue weighted by Crippen LogP contribution is 2.27. The molecule has 0 amide bonds. The monoisotopic (exact) mass is 247 g/mol. The van der Waals surface area contributed by atoms with Crippen molar-refractivity contribution in [3.05, 3.63) is 22.8 Å². The van der Waals surface area contributed by atoms with Gasteiger partial charge in [-0.2, -0.15) is 0 Å². The Morgan fingerprint density at radius 2 is 2.13 bits per heavy atom. The van der Waals surface area contributed by atoms with Gasteiger partial charge in [-0.3, -0.25) is 0 Å². The van der Waals surface area contributed by atoms with Crippen LogP contribution in [0.1, 0.15) is 32.8 Å². The van der Waals surface area contributed by atoms with Crippen LogP contribution in [0.25, 0.3) is 0 Å². The summed E-state index contributed by atoms with van der Waals surface area (Å²) in [6, 6.07) is 1.78. The van der Waals surface area contributed by atoms with Crippen LogP contribution in [-0.4, -0.2) is 10.6 Å². The molecule has 4 heteroatoms. The van der Waals surface area contributed by atoms with Gasteiger partial charge in [0.05, 0.1) is 0 Å². The lowest BCUT2D eigenvalue weighted by Crippen LogP contribution is -2.27. The van der Waals surface area contributed by atoms with Gasteiger partial charge in [0.1, 0.15) is 10.6 Å². The van der Waals surface area contributed by atoms with Crippen molar-refractivity contribution in [3.8, 4) is 5.88 Å². The minimum atomic E-state index is -0.251. The molecule has 0 saturated carbocycles. The Balaban J connectivity index is 2.87. The number of rotatable bonds is 4. The van der Waals surface area contributed by atoms with Crippen molar-refractivity contribution in [2.45, 2.75) is 38.7 Å². The third kappa shape index (κ3) is 3.54. The van der Waals surface area contributed by atoms with Crippen molar-refractivity contribution in [1.29, 1.82) is 0 Å². The van der Waals surface area contributed by atoms with Crippen LogP contribution >= 0.6 is 23.2 Å². The van der Waals surface area contributed by atoms with Crippen LogP contribution in [0.15, 0.2) is 12.3 Å². The lowest BCUT2D eigenvalue weighted by atomic mass is 10.1. The summed E-state index contributed by atoms with van der Waals surface area (Å²) in [4.78, 5) is 4.14. The van der Waals surface area contributed by atoms with E-state index in [1.165, 1.54) is 0 Å². The van der Waals surface area contributed by atoms with Gasteiger partial charge in [-0.05, 0) is 31.9 Å². The molecule has 84 valence electrons. The third-order valence-corrected chi connectivity index (χ3v) is 2.82. The van der Waals surface area contributed by atoms with Gasteiger partial charge in [0.15, 0.2) is 0 Å². The van der Waals surface area contributed by atoms with E-state index < -0.39 is 0 Å². The Hall–Kier alpha value is -0.470. The number of nitrogens with zero attached hydrogens (tertiary/aromatic N) is 1. The summed E-state index contributed by atoms with van der Waals surface area (Å²) in [7, 11) is 0. The second-order valence-electron chi connectivity index (χ2n) is 3.98. The SMILES string of the molecule is CCC(C)(C)Oc1ncc(CCl)cc1Cl. The second-order valence-corrected chi connectivity index (χ2v) is 4.65. The molecule has 0 aliphatic heterocycles. The van der Waals surface area contributed by atoms with Gasteiger partial charge in [0.25, 0.3) is 0 Å². The summed E-state index contributed by atoms with van der Waals surface area (Å²) >= 11 is 11.7. The van der Waals surface area contributed by atoms with E-state index >= 15 is 0 Å². The Kier molecular flexibility index (Phi) is 4.23. The maximum Gasteiger partial charge on any atom is 0.233 e. The molecule has 1 heterocycles. The number of pyridine rings is 1. The van der Waals surface area contributed by atoms with Crippen LogP contribution in [0.2, 0.25) is 5.02 Å². The zero-order valence-electron chi connectivity index (χ0n) is 9.18. The normalized spacial score (nSPS) is 11.5. The van der Waals surface area contributed by atoms with Gasteiger partial charge in [0.2, 0.25) is 5.88 Å². The number of halogens is 2. The molecule has 0 radical (unpaired) electrons. The van der Waals surface area contributed by atoms with E-state index in [-0.39, 0.29) is 5.60 Å². The summed E-state index contributed by atoms with van der Waals surface area (Å²) in [6.07, 6.45) is 2.57. The molecule has 0 N–H and O–H groups in total. The van der Waals surface area contributed by atoms with Crippen LogP contribution in [0.5, 0.6) is 5.88 Å². The Morgan fingerprint density at radius 1 is 1.47 bits per heavy atom. The quantitative estimate of drug-likeness (QED) is 0.750. The average Bonchev–Trinajstić information content (AvgIpc) is 2.21. The molecule has 1 aromatic heterocycles. The Bertz CT molecular complexity index is 339. The molecule has 1 rings (SSSR count). The number of aromatic nitrogens is 1. The van der Waals surface area contributed by atoms with Gasteiger partial charge in [0, 0.05) is 12.1 Å². The summed E-state index contributed by atoms with van der Waals surface area (Å²) in [6.45, 7) is 6.06. The topological polar surface area (TPSA) is 22.1 Å². The Labute approximate surface area is 101 Å². The van der Waals surface area contributed by atoms with Crippen LogP contribution in [0.3, 0.4) is 0 Å². The second kappa shape index (κ2) is 5.04. The fraction of sp³-hybridized carbons (Fsp3) is 0.545. The van der Waals surface area contributed by atoms with Crippen molar-refractivity contribution in [3.63, 3.8) is 0 Å². The average molecular weight is 248 g/mol. The van der Waals surface area contributed by atoms with E-state index in [1.54, 1.807) is 12.3 Å². The molecule has 0 aromatic carbocycles. The molecule has 0 fully saturated rings. The maximum absolute atomic E-state index is 6.03. The largest absolute Gasteiger partial charge is 0.471 e. The highest BCUT2D eigenvalue weighted by atomic mass is 35.5. The summed E-state index contributed by atoms with van der Waals surface area (Å²) < 4.78 is 5.70. The first-order valence-electron chi connectivity index (χ1n) is 4.88. The molecule has 0 aliphatic rings. The highest BCUT2D eigenvalue weighted by Gasteiger charge is 2.19. The zero-order valence-corrected chi connectivity index (χ0v) is 10.7. The number of alkyl halides is 1. The van der Waals surface area contributed by atoms with Gasteiger partial charge in [-0.1, -0.05) is 18.5 Å². The number of ether oxygens (including phenoxy) is 1. The van der Waals surface area contributed by atoms with Crippen LogP contribution in [0, 0.1) is 0 Å². The number of hydrogen-bond acceptors (Lipinski definition) is 2. The molecule has 0 unspecified atom stereocenters. The van der Waals surface area contributed by atoms with E-state index in [0.29, 0.717) is 16.8 Å². The third-order valence-electron chi connectivity index (χ3n) is 2.24. The van der Waals surface area contributed by atoms with Gasteiger partial charge >= 0.3 is 0 Å². The highest BCUT2D eigenvalue weighted by molar-refractivity contribution is 6.32. The minimum Gasteiger partial charge on any atom is -0.471 e. The molecular weight excluding hydrogens is 233 g/mol. The fourth-order valence-electron chi connectivity index (χ4n) is 0.947. The minimum absolute atomic E-state index is 0.251. The van der Waals surface area contributed by atoms with Crippen LogP contribution in [0.4, 0.5) is 0 Å². The standard InChI is InChI=1S/C11H15Cl2NO/c1-4-11(2,3)15-10-9(13)5-8(6-12)7-14-10/h5,7H,4,6H2,1-3H3. The fourth-order valence-corrected chi connectivity index (χ4v) is 1.32. The van der Waals surface area contributed by atoms with Gasteiger partial charge < -0.3 is 4.74 Å². The van der Waals surface area contributed by atoms with Crippen molar-refractivity contribution < 1.29 is 4.74 Å².